The molecule has 0 unspecified atom stereocenters. The molecule has 17 heavy (non-hydrogen) atoms. The Morgan fingerprint density at radius 1 is 1.35 bits per heavy atom. The standard InChI is InChI=1S/C11H9N3O3/c12-11-7(4-13-14-11)10(15)6-1-2-8-9(3-6)17-5-16-8/h1-4H,5H2,(H3,12,13,14). The normalized spacial score (nSPS) is 12.7. The number of nitrogens with zero attached hydrogens (tertiary/aromatic N) is 1. The van der Waals surface area contributed by atoms with Crippen LogP contribution in [0.15, 0.2) is 24.4 Å². The number of hydrogen-bond acceptors (Lipinski definition) is 5. The van der Waals surface area contributed by atoms with Gasteiger partial charge in [-0.15, -0.1) is 0 Å². The van der Waals surface area contributed by atoms with Gasteiger partial charge in [-0.25, -0.2) is 0 Å². The van der Waals surface area contributed by atoms with Gasteiger partial charge in [0.2, 0.25) is 6.79 Å². The lowest BCUT2D eigenvalue weighted by Crippen LogP contribution is -2.03. The SMILES string of the molecule is Nc1[nH]ncc1C(=O)c1ccc2c(c1)OCO2. The number of anilines is 1. The van der Waals surface area contributed by atoms with Crippen LogP contribution in [0.3, 0.4) is 0 Å². The van der Waals surface area contributed by atoms with E-state index >= 15 is 0 Å². The summed E-state index contributed by atoms with van der Waals surface area (Å²) in [5.74, 6) is 1.27. The highest BCUT2D eigenvalue weighted by atomic mass is 16.7. The van der Waals surface area contributed by atoms with Crippen molar-refractivity contribution in [1.82, 2.24) is 10.2 Å². The maximum absolute atomic E-state index is 12.1. The molecule has 0 radical (unpaired) electrons. The summed E-state index contributed by atoms with van der Waals surface area (Å²) in [4.78, 5) is 12.1. The van der Waals surface area contributed by atoms with Crippen LogP contribution in [0.2, 0.25) is 0 Å². The van der Waals surface area contributed by atoms with Gasteiger partial charge in [-0.3, -0.25) is 9.89 Å². The van der Waals surface area contributed by atoms with Gasteiger partial charge < -0.3 is 15.2 Å². The molecule has 6 heteroatoms. The zero-order chi connectivity index (χ0) is 11.8. The van der Waals surface area contributed by atoms with Gasteiger partial charge >= 0.3 is 0 Å². The van der Waals surface area contributed by atoms with Crippen molar-refractivity contribution in [3.8, 4) is 11.5 Å². The van der Waals surface area contributed by atoms with Crippen LogP contribution in [0.25, 0.3) is 0 Å². The number of fused-ring (bicyclic) bond motifs is 1. The van der Waals surface area contributed by atoms with Crippen molar-refractivity contribution in [2.24, 2.45) is 0 Å². The van der Waals surface area contributed by atoms with Crippen molar-refractivity contribution >= 4 is 11.6 Å². The molecule has 3 N–H and O–H groups in total. The molecule has 1 aromatic carbocycles. The first-order valence-corrected chi connectivity index (χ1v) is 4.99. The number of rotatable bonds is 2. The average molecular weight is 231 g/mol. The summed E-state index contributed by atoms with van der Waals surface area (Å²) in [6, 6.07) is 5.01. The van der Waals surface area contributed by atoms with Gasteiger partial charge in [-0.05, 0) is 18.2 Å². The number of carbonyl (C=O) groups excluding carboxylic acids is 1. The van der Waals surface area contributed by atoms with Crippen LogP contribution < -0.4 is 15.2 Å². The molecule has 0 aliphatic carbocycles. The van der Waals surface area contributed by atoms with E-state index in [1.807, 2.05) is 0 Å². The second-order valence-corrected chi connectivity index (χ2v) is 3.59. The Morgan fingerprint density at radius 3 is 2.94 bits per heavy atom. The minimum Gasteiger partial charge on any atom is -0.454 e. The number of aromatic amines is 1. The topological polar surface area (TPSA) is 90.2 Å². The molecule has 0 atom stereocenters. The molecule has 0 bridgehead atoms. The zero-order valence-electron chi connectivity index (χ0n) is 8.77. The Hall–Kier alpha value is -2.50. The molecule has 1 aromatic heterocycles. The van der Waals surface area contributed by atoms with Crippen LogP contribution in [0.4, 0.5) is 5.82 Å². The third-order valence-electron chi connectivity index (χ3n) is 2.55. The number of nitrogen functional groups attached to an aromatic ring is 1. The molecule has 86 valence electrons. The van der Waals surface area contributed by atoms with Crippen molar-refractivity contribution in [3.63, 3.8) is 0 Å². The van der Waals surface area contributed by atoms with Crippen LogP contribution in [0, 0.1) is 0 Å². The zero-order valence-corrected chi connectivity index (χ0v) is 8.77. The number of aromatic nitrogens is 2. The first kappa shape index (κ1) is 9.71. The third kappa shape index (κ3) is 1.50. The highest BCUT2D eigenvalue weighted by Gasteiger charge is 2.19. The Balaban J connectivity index is 2.00. The fourth-order valence-electron chi connectivity index (χ4n) is 1.67. The molecule has 2 heterocycles. The molecular weight excluding hydrogens is 222 g/mol. The van der Waals surface area contributed by atoms with Crippen LogP contribution in [0.5, 0.6) is 11.5 Å². The molecule has 3 rings (SSSR count). The summed E-state index contributed by atoms with van der Waals surface area (Å²) in [5, 5.41) is 6.24. The van der Waals surface area contributed by atoms with Crippen LogP contribution in [-0.4, -0.2) is 22.8 Å². The molecular formula is C11H9N3O3. The molecule has 2 aromatic rings. The highest BCUT2D eigenvalue weighted by molar-refractivity contribution is 6.11. The number of hydrogen-bond donors (Lipinski definition) is 2. The third-order valence-corrected chi connectivity index (χ3v) is 2.55. The first-order chi connectivity index (χ1) is 8.25. The summed E-state index contributed by atoms with van der Waals surface area (Å²) in [5.41, 5.74) is 6.44. The van der Waals surface area contributed by atoms with E-state index < -0.39 is 0 Å². The molecule has 0 saturated heterocycles. The predicted molar refractivity (Wildman–Crippen MR) is 59.0 cm³/mol. The van der Waals surface area contributed by atoms with Crippen molar-refractivity contribution < 1.29 is 14.3 Å². The Morgan fingerprint density at radius 2 is 2.18 bits per heavy atom. The summed E-state index contributed by atoms with van der Waals surface area (Å²) < 4.78 is 10.4. The van der Waals surface area contributed by atoms with E-state index in [-0.39, 0.29) is 18.4 Å². The average Bonchev–Trinajstić information content (AvgIpc) is 2.95. The largest absolute Gasteiger partial charge is 0.454 e. The van der Waals surface area contributed by atoms with Gasteiger partial charge in [0.25, 0.3) is 0 Å². The van der Waals surface area contributed by atoms with Crippen molar-refractivity contribution in [1.29, 1.82) is 0 Å². The van der Waals surface area contributed by atoms with Crippen LogP contribution >= 0.6 is 0 Å². The van der Waals surface area contributed by atoms with E-state index in [1.54, 1.807) is 18.2 Å². The first-order valence-electron chi connectivity index (χ1n) is 4.99. The van der Waals surface area contributed by atoms with Crippen molar-refractivity contribution in [3.05, 3.63) is 35.5 Å². The van der Waals surface area contributed by atoms with E-state index in [0.29, 0.717) is 22.6 Å². The van der Waals surface area contributed by atoms with Gasteiger partial charge in [-0.1, -0.05) is 0 Å². The maximum Gasteiger partial charge on any atom is 0.231 e. The van der Waals surface area contributed by atoms with Gasteiger partial charge in [0, 0.05) is 5.56 Å². The van der Waals surface area contributed by atoms with Gasteiger partial charge in [0.15, 0.2) is 17.3 Å². The Labute approximate surface area is 96.3 Å². The number of carbonyl (C=O) groups is 1. The fourth-order valence-corrected chi connectivity index (χ4v) is 1.67. The van der Waals surface area contributed by atoms with E-state index in [0.717, 1.165) is 0 Å². The number of nitrogens with one attached hydrogen (secondary N) is 1. The summed E-state index contributed by atoms with van der Waals surface area (Å²) in [6.07, 6.45) is 1.41. The smallest absolute Gasteiger partial charge is 0.231 e. The number of H-pyrrole nitrogens is 1. The number of ether oxygens (including phenoxy) is 2. The molecule has 0 spiro atoms. The van der Waals surface area contributed by atoms with E-state index in [1.165, 1.54) is 6.20 Å². The molecule has 1 aliphatic rings. The van der Waals surface area contributed by atoms with Crippen molar-refractivity contribution in [2.75, 3.05) is 12.5 Å². The number of benzene rings is 1. The monoisotopic (exact) mass is 231 g/mol. The minimum atomic E-state index is -0.199. The van der Waals surface area contributed by atoms with Gasteiger partial charge in [0.1, 0.15) is 5.82 Å². The second-order valence-electron chi connectivity index (χ2n) is 3.59. The fraction of sp³-hybridized carbons (Fsp3) is 0.0909. The number of ketones is 1. The van der Waals surface area contributed by atoms with E-state index in [9.17, 15) is 4.79 Å². The Bertz CT molecular complexity index is 591. The van der Waals surface area contributed by atoms with E-state index in [2.05, 4.69) is 10.2 Å². The lowest BCUT2D eigenvalue weighted by molar-refractivity contribution is 0.103. The lowest BCUT2D eigenvalue weighted by atomic mass is 10.1. The summed E-state index contributed by atoms with van der Waals surface area (Å²) >= 11 is 0. The lowest BCUT2D eigenvalue weighted by Gasteiger charge is -2.01. The van der Waals surface area contributed by atoms with Gasteiger partial charge in [-0.2, -0.15) is 5.10 Å². The molecule has 0 fully saturated rings. The second kappa shape index (κ2) is 3.51. The Kier molecular flexibility index (Phi) is 2.01. The van der Waals surface area contributed by atoms with E-state index in [4.69, 9.17) is 15.2 Å². The summed E-state index contributed by atoms with van der Waals surface area (Å²) in [6.45, 7) is 0.181. The molecule has 0 amide bonds. The maximum atomic E-state index is 12.1. The minimum absolute atomic E-state index is 0.181. The predicted octanol–water partition coefficient (Wildman–Crippen LogP) is 0.952. The summed E-state index contributed by atoms with van der Waals surface area (Å²) in [7, 11) is 0. The molecule has 1 aliphatic heterocycles. The molecule has 0 saturated carbocycles. The quantitative estimate of drug-likeness (QED) is 0.751. The van der Waals surface area contributed by atoms with Crippen LogP contribution in [-0.2, 0) is 0 Å². The van der Waals surface area contributed by atoms with Gasteiger partial charge in [0.05, 0.1) is 11.8 Å². The number of nitrogens with two attached hydrogens (primary N) is 1. The highest BCUT2D eigenvalue weighted by Crippen LogP contribution is 2.33. The van der Waals surface area contributed by atoms with Crippen molar-refractivity contribution in [2.45, 2.75) is 0 Å². The van der Waals surface area contributed by atoms with Crippen LogP contribution in [0.1, 0.15) is 15.9 Å². The molecule has 6 nitrogen and oxygen atoms in total.